The Hall–Kier alpha value is -2.04. The molecule has 4 heteroatoms. The average molecular weight is 383 g/mol. The molecule has 2 aromatic carbocycles. The van der Waals surface area contributed by atoms with Gasteiger partial charge in [-0.3, -0.25) is 9.80 Å². The Morgan fingerprint density at radius 2 is 1.07 bits per heavy atom. The lowest BCUT2D eigenvalue weighted by molar-refractivity contribution is 0.0742. The fourth-order valence-corrected chi connectivity index (χ4v) is 4.31. The second-order valence-corrected chi connectivity index (χ2v) is 8.50. The lowest BCUT2D eigenvalue weighted by Gasteiger charge is -2.36. The summed E-state index contributed by atoms with van der Waals surface area (Å²) in [5.41, 5.74) is 8.91. The van der Waals surface area contributed by atoms with Crippen LogP contribution in [0.15, 0.2) is 12.1 Å². The van der Waals surface area contributed by atoms with Gasteiger partial charge in [0.2, 0.25) is 0 Å². The molecule has 0 radical (unpaired) electrons. The lowest BCUT2D eigenvalue weighted by Crippen LogP contribution is -2.44. The van der Waals surface area contributed by atoms with E-state index in [1.165, 1.54) is 22.3 Å². The molecule has 28 heavy (non-hydrogen) atoms. The third-order valence-electron chi connectivity index (χ3n) is 6.46. The molecule has 0 amide bonds. The molecule has 0 saturated carbocycles. The number of phenolic OH excluding ortho intramolecular Hbond substituents is 2. The molecule has 0 spiro atoms. The van der Waals surface area contributed by atoms with E-state index in [9.17, 15) is 10.2 Å². The molecule has 0 unspecified atom stereocenters. The second kappa shape index (κ2) is 8.14. The Kier molecular flexibility index (Phi) is 6.01. The Morgan fingerprint density at radius 3 is 1.46 bits per heavy atom. The minimum atomic E-state index is 0.426. The molecular weight excluding hydrogens is 348 g/mol. The zero-order valence-electron chi connectivity index (χ0n) is 18.2. The van der Waals surface area contributed by atoms with Crippen LogP contribution in [0.1, 0.15) is 50.9 Å². The van der Waals surface area contributed by atoms with Gasteiger partial charge in [0.1, 0.15) is 11.5 Å². The first-order valence-electron chi connectivity index (χ1n) is 10.2. The molecule has 1 heterocycles. The Balaban J connectivity index is 1.74. The molecule has 0 bridgehead atoms. The largest absolute Gasteiger partial charge is 0.507 e. The van der Waals surface area contributed by atoms with E-state index >= 15 is 0 Å². The highest BCUT2D eigenvalue weighted by molar-refractivity contribution is 5.49. The topological polar surface area (TPSA) is 46.9 Å². The standard InChI is InChI=1S/C24H34N2O2/c1-15-10-21(17(3)19(5)23(15)27)12-25-8-7-9-26(14-25)13-22-11-16(2)24(28)20(6)18(22)4/h10-11,27-28H,7-9,12-14H2,1-6H3. The molecule has 4 nitrogen and oxygen atoms in total. The number of nitrogens with zero attached hydrogens (tertiary/aromatic N) is 2. The Labute approximate surface area is 169 Å². The summed E-state index contributed by atoms with van der Waals surface area (Å²) >= 11 is 0. The van der Waals surface area contributed by atoms with Gasteiger partial charge in [-0.1, -0.05) is 12.1 Å². The molecule has 0 aliphatic carbocycles. The van der Waals surface area contributed by atoms with Gasteiger partial charge < -0.3 is 10.2 Å². The molecule has 1 saturated heterocycles. The number of aryl methyl sites for hydroxylation is 2. The molecule has 3 rings (SSSR count). The number of hydrogen-bond donors (Lipinski definition) is 2. The van der Waals surface area contributed by atoms with Crippen molar-refractivity contribution in [3.8, 4) is 11.5 Å². The van der Waals surface area contributed by atoms with Gasteiger partial charge in [0.25, 0.3) is 0 Å². The number of phenols is 2. The van der Waals surface area contributed by atoms with Gasteiger partial charge in [0.05, 0.1) is 6.67 Å². The van der Waals surface area contributed by atoms with Crippen LogP contribution in [0.4, 0.5) is 0 Å². The Bertz CT molecular complexity index is 818. The van der Waals surface area contributed by atoms with E-state index < -0.39 is 0 Å². The summed E-state index contributed by atoms with van der Waals surface area (Å²) in [6, 6.07) is 4.26. The summed E-state index contributed by atoms with van der Waals surface area (Å²) in [5.74, 6) is 0.852. The van der Waals surface area contributed by atoms with Gasteiger partial charge in [0.15, 0.2) is 0 Å². The van der Waals surface area contributed by atoms with Crippen molar-refractivity contribution in [1.29, 1.82) is 0 Å². The van der Waals surface area contributed by atoms with Crippen molar-refractivity contribution in [3.05, 3.63) is 56.6 Å². The molecule has 152 valence electrons. The molecule has 2 N–H and O–H groups in total. The van der Waals surface area contributed by atoms with E-state index in [4.69, 9.17) is 0 Å². The van der Waals surface area contributed by atoms with Crippen LogP contribution in [0.2, 0.25) is 0 Å². The average Bonchev–Trinajstić information content (AvgIpc) is 2.67. The molecule has 1 fully saturated rings. The number of benzene rings is 2. The quantitative estimate of drug-likeness (QED) is 0.810. The van der Waals surface area contributed by atoms with Crippen molar-refractivity contribution in [2.24, 2.45) is 0 Å². The maximum Gasteiger partial charge on any atom is 0.121 e. The van der Waals surface area contributed by atoms with Gasteiger partial charge in [0, 0.05) is 26.2 Å². The zero-order chi connectivity index (χ0) is 20.6. The third-order valence-corrected chi connectivity index (χ3v) is 6.46. The fourth-order valence-electron chi connectivity index (χ4n) is 4.31. The summed E-state index contributed by atoms with van der Waals surface area (Å²) in [6.07, 6.45) is 1.16. The van der Waals surface area contributed by atoms with Crippen LogP contribution in [-0.4, -0.2) is 39.8 Å². The molecule has 0 aromatic heterocycles. The van der Waals surface area contributed by atoms with Crippen molar-refractivity contribution in [2.45, 2.75) is 61.1 Å². The van der Waals surface area contributed by atoms with Gasteiger partial charge in [-0.25, -0.2) is 0 Å². The fraction of sp³-hybridized carbons (Fsp3) is 0.500. The number of hydrogen-bond acceptors (Lipinski definition) is 4. The van der Waals surface area contributed by atoms with E-state index in [0.717, 1.165) is 61.5 Å². The molecule has 1 aliphatic heterocycles. The summed E-state index contributed by atoms with van der Waals surface area (Å²) in [6.45, 7) is 17.1. The van der Waals surface area contributed by atoms with E-state index in [0.29, 0.717) is 11.5 Å². The maximum atomic E-state index is 10.2. The van der Waals surface area contributed by atoms with Gasteiger partial charge in [-0.15, -0.1) is 0 Å². The van der Waals surface area contributed by atoms with Crippen molar-refractivity contribution in [3.63, 3.8) is 0 Å². The molecule has 1 aliphatic rings. The third kappa shape index (κ3) is 4.03. The highest BCUT2D eigenvalue weighted by atomic mass is 16.3. The summed E-state index contributed by atoms with van der Waals surface area (Å²) in [4.78, 5) is 4.99. The first-order chi connectivity index (χ1) is 13.2. The van der Waals surface area contributed by atoms with E-state index in [-0.39, 0.29) is 0 Å². The molecular formula is C24H34N2O2. The van der Waals surface area contributed by atoms with Crippen LogP contribution < -0.4 is 0 Å². The normalized spacial score (nSPS) is 15.9. The minimum absolute atomic E-state index is 0.426. The van der Waals surface area contributed by atoms with Crippen LogP contribution in [0.25, 0.3) is 0 Å². The van der Waals surface area contributed by atoms with Crippen LogP contribution >= 0.6 is 0 Å². The highest BCUT2D eigenvalue weighted by Gasteiger charge is 2.21. The van der Waals surface area contributed by atoms with Crippen molar-refractivity contribution < 1.29 is 10.2 Å². The van der Waals surface area contributed by atoms with E-state index in [1.807, 2.05) is 27.7 Å². The van der Waals surface area contributed by atoms with Crippen molar-refractivity contribution in [1.82, 2.24) is 9.80 Å². The van der Waals surface area contributed by atoms with Gasteiger partial charge in [-0.2, -0.15) is 0 Å². The molecule has 0 atom stereocenters. The SMILES string of the molecule is Cc1cc(CN2CCCN(Cc3cc(C)c(O)c(C)c3C)C2)c(C)c(C)c1O. The van der Waals surface area contributed by atoms with Gasteiger partial charge >= 0.3 is 0 Å². The lowest BCUT2D eigenvalue weighted by atomic mass is 9.97. The van der Waals surface area contributed by atoms with E-state index in [1.54, 1.807) is 0 Å². The predicted octanol–water partition coefficient (Wildman–Crippen LogP) is 4.61. The van der Waals surface area contributed by atoms with E-state index in [2.05, 4.69) is 35.8 Å². The van der Waals surface area contributed by atoms with Crippen LogP contribution in [-0.2, 0) is 13.1 Å². The van der Waals surface area contributed by atoms with Crippen molar-refractivity contribution >= 4 is 0 Å². The summed E-state index contributed by atoms with van der Waals surface area (Å²) in [5, 5.41) is 20.3. The van der Waals surface area contributed by atoms with Crippen LogP contribution in [0.5, 0.6) is 11.5 Å². The first-order valence-corrected chi connectivity index (χ1v) is 10.2. The monoisotopic (exact) mass is 382 g/mol. The van der Waals surface area contributed by atoms with Crippen molar-refractivity contribution in [2.75, 3.05) is 19.8 Å². The Morgan fingerprint density at radius 1 is 0.679 bits per heavy atom. The molecule has 2 aromatic rings. The summed E-state index contributed by atoms with van der Waals surface area (Å²) < 4.78 is 0. The maximum absolute atomic E-state index is 10.2. The smallest absolute Gasteiger partial charge is 0.121 e. The number of aromatic hydroxyl groups is 2. The highest BCUT2D eigenvalue weighted by Crippen LogP contribution is 2.30. The van der Waals surface area contributed by atoms with Crippen LogP contribution in [0.3, 0.4) is 0 Å². The minimum Gasteiger partial charge on any atom is -0.507 e. The number of rotatable bonds is 4. The predicted molar refractivity (Wildman–Crippen MR) is 115 cm³/mol. The second-order valence-electron chi connectivity index (χ2n) is 8.50. The van der Waals surface area contributed by atoms with Gasteiger partial charge in [-0.05, 0) is 92.5 Å². The van der Waals surface area contributed by atoms with Crippen LogP contribution in [0, 0.1) is 41.5 Å². The first kappa shape index (κ1) is 20.7. The zero-order valence-corrected chi connectivity index (χ0v) is 18.2. The summed E-state index contributed by atoms with van der Waals surface area (Å²) in [7, 11) is 0.